The second-order valence-electron chi connectivity index (χ2n) is 6.04. The molecule has 0 bridgehead atoms. The van der Waals surface area contributed by atoms with Gasteiger partial charge in [-0.1, -0.05) is 13.8 Å². The molecule has 0 amide bonds. The van der Waals surface area contributed by atoms with E-state index >= 15 is 0 Å². The maximum Gasteiger partial charge on any atom is 0.103 e. The minimum Gasteiger partial charge on any atom is -0.370 e. The summed E-state index contributed by atoms with van der Waals surface area (Å²) in [6.07, 6.45) is 2.45. The highest BCUT2D eigenvalue weighted by atomic mass is 15.1. The van der Waals surface area contributed by atoms with Crippen molar-refractivity contribution in [3.05, 3.63) is 23.0 Å². The van der Waals surface area contributed by atoms with Crippen molar-refractivity contribution in [2.24, 2.45) is 5.41 Å². The topological polar surface area (TPSA) is 39.9 Å². The van der Waals surface area contributed by atoms with Gasteiger partial charge in [0.05, 0.1) is 16.9 Å². The molecule has 0 radical (unpaired) electrons. The molecule has 2 rings (SSSR count). The van der Waals surface area contributed by atoms with E-state index in [0.29, 0.717) is 5.41 Å². The van der Waals surface area contributed by atoms with Crippen LogP contribution >= 0.6 is 0 Å². The maximum absolute atomic E-state index is 9.33. The van der Waals surface area contributed by atoms with Crippen LogP contribution in [-0.4, -0.2) is 18.1 Å². The number of piperidine rings is 1. The molecular weight excluding hydrogens is 222 g/mol. The van der Waals surface area contributed by atoms with Crippen LogP contribution in [0, 0.1) is 30.6 Å². The largest absolute Gasteiger partial charge is 0.370 e. The Balaban J connectivity index is 2.42. The fraction of sp³-hybridized carbons (Fsp3) is 0.600. The summed E-state index contributed by atoms with van der Waals surface area (Å²) in [6, 6.07) is 4.36. The van der Waals surface area contributed by atoms with Crippen molar-refractivity contribution in [2.75, 3.05) is 18.0 Å². The minimum absolute atomic E-state index is 0.329. The second-order valence-corrected chi connectivity index (χ2v) is 6.04. The maximum atomic E-state index is 9.33. The summed E-state index contributed by atoms with van der Waals surface area (Å²) >= 11 is 0. The van der Waals surface area contributed by atoms with E-state index in [2.05, 4.69) is 29.8 Å². The first-order valence-corrected chi connectivity index (χ1v) is 6.56. The van der Waals surface area contributed by atoms with Crippen LogP contribution in [0.5, 0.6) is 0 Å². The van der Waals surface area contributed by atoms with Crippen molar-refractivity contribution in [3.63, 3.8) is 0 Å². The van der Waals surface area contributed by atoms with Gasteiger partial charge in [-0.3, -0.25) is 4.98 Å². The molecule has 0 spiro atoms. The van der Waals surface area contributed by atoms with E-state index in [9.17, 15) is 5.26 Å². The van der Waals surface area contributed by atoms with Gasteiger partial charge >= 0.3 is 0 Å². The van der Waals surface area contributed by atoms with Gasteiger partial charge in [0.2, 0.25) is 0 Å². The highest BCUT2D eigenvalue weighted by molar-refractivity contribution is 5.62. The van der Waals surface area contributed by atoms with Crippen molar-refractivity contribution < 1.29 is 0 Å². The number of aromatic nitrogens is 1. The van der Waals surface area contributed by atoms with Crippen LogP contribution < -0.4 is 4.90 Å². The molecule has 1 aromatic rings. The summed E-state index contributed by atoms with van der Waals surface area (Å²) in [6.45, 7) is 10.6. The van der Waals surface area contributed by atoms with Crippen molar-refractivity contribution in [1.82, 2.24) is 4.98 Å². The fourth-order valence-electron chi connectivity index (χ4n) is 2.82. The third kappa shape index (κ3) is 2.48. The zero-order chi connectivity index (χ0) is 13.3. The lowest BCUT2D eigenvalue weighted by Gasteiger charge is -2.40. The van der Waals surface area contributed by atoms with E-state index in [4.69, 9.17) is 0 Å². The van der Waals surface area contributed by atoms with Gasteiger partial charge in [-0.2, -0.15) is 5.26 Å². The van der Waals surface area contributed by atoms with E-state index in [0.717, 1.165) is 35.7 Å². The molecule has 1 aliphatic rings. The third-order valence-electron chi connectivity index (χ3n) is 3.66. The van der Waals surface area contributed by atoms with Gasteiger partial charge < -0.3 is 4.90 Å². The van der Waals surface area contributed by atoms with Crippen molar-refractivity contribution in [1.29, 1.82) is 5.26 Å². The SMILES string of the molecule is Cc1cc(N2CCCC(C)(C)C2)c(C#N)c(C)n1. The van der Waals surface area contributed by atoms with Crippen LogP contribution in [0.1, 0.15) is 43.6 Å². The monoisotopic (exact) mass is 243 g/mol. The first-order chi connectivity index (χ1) is 8.43. The van der Waals surface area contributed by atoms with E-state index in [1.807, 2.05) is 19.9 Å². The lowest BCUT2D eigenvalue weighted by molar-refractivity contribution is 0.293. The predicted octanol–water partition coefficient (Wildman–Crippen LogP) is 3.20. The Morgan fingerprint density at radius 1 is 1.39 bits per heavy atom. The Kier molecular flexibility index (Phi) is 3.30. The Bertz CT molecular complexity index is 497. The van der Waals surface area contributed by atoms with Gasteiger partial charge in [-0.15, -0.1) is 0 Å². The van der Waals surface area contributed by atoms with Crippen LogP contribution in [0.15, 0.2) is 6.07 Å². The molecule has 0 saturated carbocycles. The van der Waals surface area contributed by atoms with Crippen LogP contribution in [0.25, 0.3) is 0 Å². The van der Waals surface area contributed by atoms with Gasteiger partial charge in [0.25, 0.3) is 0 Å². The lowest BCUT2D eigenvalue weighted by atomic mass is 9.84. The number of pyridine rings is 1. The number of nitrogens with zero attached hydrogens (tertiary/aromatic N) is 3. The summed E-state index contributed by atoms with van der Waals surface area (Å²) in [5.74, 6) is 0. The Hall–Kier alpha value is -1.56. The first-order valence-electron chi connectivity index (χ1n) is 6.56. The molecular formula is C15H21N3. The van der Waals surface area contributed by atoms with E-state index in [-0.39, 0.29) is 0 Å². The second kappa shape index (κ2) is 4.61. The zero-order valence-electron chi connectivity index (χ0n) is 11.7. The molecule has 0 atom stereocenters. The van der Waals surface area contributed by atoms with Crippen LogP contribution in [-0.2, 0) is 0 Å². The molecule has 0 N–H and O–H groups in total. The molecule has 1 saturated heterocycles. The van der Waals surface area contributed by atoms with Crippen molar-refractivity contribution in [3.8, 4) is 6.07 Å². The molecule has 0 aliphatic carbocycles. The van der Waals surface area contributed by atoms with Crippen LogP contribution in [0.2, 0.25) is 0 Å². The Labute approximate surface area is 109 Å². The van der Waals surface area contributed by atoms with Gasteiger partial charge in [0, 0.05) is 18.8 Å². The number of aryl methyl sites for hydroxylation is 2. The summed E-state index contributed by atoms with van der Waals surface area (Å²) in [4.78, 5) is 6.74. The quantitative estimate of drug-likeness (QED) is 0.760. The molecule has 2 heterocycles. The molecule has 96 valence electrons. The molecule has 1 aliphatic heterocycles. The molecule has 18 heavy (non-hydrogen) atoms. The smallest absolute Gasteiger partial charge is 0.103 e. The predicted molar refractivity (Wildman–Crippen MR) is 73.7 cm³/mol. The zero-order valence-corrected chi connectivity index (χ0v) is 11.7. The standard InChI is InChI=1S/C15H21N3/c1-11-8-14(13(9-16)12(2)17-11)18-7-5-6-15(3,4)10-18/h8H,5-7,10H2,1-4H3. The number of hydrogen-bond donors (Lipinski definition) is 0. The van der Waals surface area contributed by atoms with Crippen LogP contribution in [0.4, 0.5) is 5.69 Å². The highest BCUT2D eigenvalue weighted by Crippen LogP contribution is 2.33. The van der Waals surface area contributed by atoms with Crippen molar-refractivity contribution >= 4 is 5.69 Å². The molecule has 0 aromatic carbocycles. The molecule has 1 aromatic heterocycles. The Morgan fingerprint density at radius 2 is 2.11 bits per heavy atom. The summed E-state index contributed by atoms with van der Waals surface area (Å²) < 4.78 is 0. The molecule has 3 nitrogen and oxygen atoms in total. The number of anilines is 1. The normalized spacial score (nSPS) is 18.5. The summed E-state index contributed by atoms with van der Waals surface area (Å²) in [5, 5.41) is 9.33. The van der Waals surface area contributed by atoms with Gasteiger partial charge in [0.15, 0.2) is 0 Å². The van der Waals surface area contributed by atoms with E-state index < -0.39 is 0 Å². The number of hydrogen-bond acceptors (Lipinski definition) is 3. The first kappa shape index (κ1) is 12.9. The summed E-state index contributed by atoms with van der Waals surface area (Å²) in [5.41, 5.74) is 3.96. The van der Waals surface area contributed by atoms with E-state index in [1.54, 1.807) is 0 Å². The number of nitriles is 1. The van der Waals surface area contributed by atoms with Gasteiger partial charge in [0.1, 0.15) is 6.07 Å². The average Bonchev–Trinajstić information content (AvgIpc) is 2.26. The minimum atomic E-state index is 0.329. The Morgan fingerprint density at radius 3 is 2.72 bits per heavy atom. The molecule has 1 fully saturated rings. The van der Waals surface area contributed by atoms with Gasteiger partial charge in [-0.25, -0.2) is 0 Å². The third-order valence-corrected chi connectivity index (χ3v) is 3.66. The van der Waals surface area contributed by atoms with E-state index in [1.165, 1.54) is 12.8 Å². The lowest BCUT2D eigenvalue weighted by Crippen LogP contribution is -2.40. The van der Waals surface area contributed by atoms with Gasteiger partial charge in [-0.05, 0) is 38.2 Å². The summed E-state index contributed by atoms with van der Waals surface area (Å²) in [7, 11) is 0. The average molecular weight is 243 g/mol. The van der Waals surface area contributed by atoms with Crippen LogP contribution in [0.3, 0.4) is 0 Å². The molecule has 3 heteroatoms. The number of rotatable bonds is 1. The molecule has 0 unspecified atom stereocenters. The van der Waals surface area contributed by atoms with Crippen molar-refractivity contribution in [2.45, 2.75) is 40.5 Å². The fourth-order valence-corrected chi connectivity index (χ4v) is 2.82. The highest BCUT2D eigenvalue weighted by Gasteiger charge is 2.28.